The largest absolute Gasteiger partial charge is 0.308 e. The smallest absolute Gasteiger partial charge is 0.0522 e. The third kappa shape index (κ3) is 4.45. The molecule has 2 unspecified atom stereocenters. The highest BCUT2D eigenvalue weighted by Gasteiger charge is 2.06. The molecule has 0 aliphatic heterocycles. The second-order valence-corrected chi connectivity index (χ2v) is 5.55. The Morgan fingerprint density at radius 3 is 3.00 bits per heavy atom. The molecule has 2 atom stereocenters. The number of nitrogens with zero attached hydrogens (tertiary/aromatic N) is 2. The van der Waals surface area contributed by atoms with Crippen LogP contribution in [0, 0.1) is 0 Å². The van der Waals surface area contributed by atoms with Crippen LogP contribution >= 0.6 is 0 Å². The number of nitrogens with one attached hydrogen (secondary N) is 1. The number of hydrogen-bond donors (Lipinski definition) is 1. The van der Waals surface area contributed by atoms with Crippen molar-refractivity contribution in [1.82, 2.24) is 15.1 Å². The van der Waals surface area contributed by atoms with E-state index in [9.17, 15) is 4.21 Å². The minimum Gasteiger partial charge on any atom is -0.308 e. The van der Waals surface area contributed by atoms with E-state index >= 15 is 0 Å². The highest BCUT2D eigenvalue weighted by atomic mass is 32.2. The van der Waals surface area contributed by atoms with Crippen molar-refractivity contribution in [3.8, 4) is 0 Å². The van der Waals surface area contributed by atoms with Crippen LogP contribution in [0.15, 0.2) is 12.3 Å². The number of rotatable bonds is 7. The summed E-state index contributed by atoms with van der Waals surface area (Å²) in [6, 6.07) is 2.30. The number of aromatic nitrogens is 2. The Morgan fingerprint density at radius 1 is 1.62 bits per heavy atom. The standard InChI is InChI=1S/C11H21N3OS/c1-4-7-14-11(5-6-13-14)8-12-10(2)9-16(3)15/h5-6,10,12H,4,7-9H2,1-3H3. The van der Waals surface area contributed by atoms with Crippen LogP contribution in [0.3, 0.4) is 0 Å². The molecule has 0 aliphatic rings. The fraction of sp³-hybridized carbons (Fsp3) is 0.727. The van der Waals surface area contributed by atoms with Gasteiger partial charge in [-0.25, -0.2) is 0 Å². The molecule has 1 aromatic rings. The van der Waals surface area contributed by atoms with E-state index in [0.717, 1.165) is 19.5 Å². The highest BCUT2D eigenvalue weighted by molar-refractivity contribution is 7.84. The maximum Gasteiger partial charge on any atom is 0.0522 e. The molecule has 5 heteroatoms. The van der Waals surface area contributed by atoms with Crippen LogP contribution in [0.25, 0.3) is 0 Å². The van der Waals surface area contributed by atoms with Gasteiger partial charge < -0.3 is 5.32 Å². The van der Waals surface area contributed by atoms with E-state index in [1.165, 1.54) is 5.69 Å². The first kappa shape index (κ1) is 13.4. The maximum atomic E-state index is 11.0. The molecule has 0 aromatic carbocycles. The molecule has 0 amide bonds. The summed E-state index contributed by atoms with van der Waals surface area (Å²) in [5, 5.41) is 7.62. The van der Waals surface area contributed by atoms with Gasteiger partial charge in [-0.3, -0.25) is 8.89 Å². The van der Waals surface area contributed by atoms with Gasteiger partial charge in [0.25, 0.3) is 0 Å². The second kappa shape index (κ2) is 6.81. The molecule has 1 heterocycles. The Hall–Kier alpha value is -0.680. The van der Waals surface area contributed by atoms with E-state index < -0.39 is 10.8 Å². The highest BCUT2D eigenvalue weighted by Crippen LogP contribution is 2.00. The van der Waals surface area contributed by atoms with E-state index in [4.69, 9.17) is 0 Å². The van der Waals surface area contributed by atoms with Crippen molar-refractivity contribution in [2.45, 2.75) is 39.4 Å². The van der Waals surface area contributed by atoms with Crippen molar-refractivity contribution in [2.24, 2.45) is 0 Å². The molecule has 0 fully saturated rings. The summed E-state index contributed by atoms with van der Waals surface area (Å²) in [5.74, 6) is 0.696. The van der Waals surface area contributed by atoms with E-state index in [2.05, 4.69) is 24.3 Å². The predicted octanol–water partition coefficient (Wildman–Crippen LogP) is 1.15. The maximum absolute atomic E-state index is 11.0. The molecule has 16 heavy (non-hydrogen) atoms. The molecule has 4 nitrogen and oxygen atoms in total. The van der Waals surface area contributed by atoms with Gasteiger partial charge in [-0.1, -0.05) is 6.92 Å². The average Bonchev–Trinajstić information content (AvgIpc) is 2.62. The van der Waals surface area contributed by atoms with Crippen molar-refractivity contribution in [1.29, 1.82) is 0 Å². The molecule has 1 rings (SSSR count). The molecule has 1 N–H and O–H groups in total. The molecule has 0 saturated heterocycles. The van der Waals surface area contributed by atoms with Gasteiger partial charge >= 0.3 is 0 Å². The number of hydrogen-bond acceptors (Lipinski definition) is 3. The van der Waals surface area contributed by atoms with Crippen molar-refractivity contribution >= 4 is 10.8 Å². The third-order valence-electron chi connectivity index (χ3n) is 2.36. The van der Waals surface area contributed by atoms with Gasteiger partial charge in [0, 0.05) is 48.1 Å². The fourth-order valence-corrected chi connectivity index (χ4v) is 2.44. The predicted molar refractivity (Wildman–Crippen MR) is 67.8 cm³/mol. The Kier molecular flexibility index (Phi) is 5.69. The number of aryl methyl sites for hydroxylation is 1. The summed E-state index contributed by atoms with van der Waals surface area (Å²) in [6.45, 7) is 5.94. The molecule has 0 bridgehead atoms. The first-order valence-electron chi connectivity index (χ1n) is 5.67. The Balaban J connectivity index is 2.41. The van der Waals surface area contributed by atoms with Crippen LogP contribution in [0.2, 0.25) is 0 Å². The van der Waals surface area contributed by atoms with Crippen LogP contribution in [-0.4, -0.2) is 32.0 Å². The lowest BCUT2D eigenvalue weighted by Crippen LogP contribution is -2.31. The van der Waals surface area contributed by atoms with Crippen molar-refractivity contribution in [3.63, 3.8) is 0 Å². The monoisotopic (exact) mass is 243 g/mol. The van der Waals surface area contributed by atoms with Crippen molar-refractivity contribution < 1.29 is 4.21 Å². The Bertz CT molecular complexity index is 338. The normalized spacial score (nSPS) is 14.9. The minimum absolute atomic E-state index is 0.274. The lowest BCUT2D eigenvalue weighted by atomic mass is 10.3. The summed E-state index contributed by atoms with van der Waals surface area (Å²) >= 11 is 0. The van der Waals surface area contributed by atoms with Crippen LogP contribution in [0.4, 0.5) is 0 Å². The third-order valence-corrected chi connectivity index (χ3v) is 3.33. The van der Waals surface area contributed by atoms with E-state index in [0.29, 0.717) is 5.75 Å². The lowest BCUT2D eigenvalue weighted by molar-refractivity contribution is 0.524. The average molecular weight is 243 g/mol. The summed E-state index contributed by atoms with van der Waals surface area (Å²) in [7, 11) is -0.738. The Morgan fingerprint density at radius 2 is 2.38 bits per heavy atom. The van der Waals surface area contributed by atoms with Gasteiger partial charge in [0.1, 0.15) is 0 Å². The zero-order valence-electron chi connectivity index (χ0n) is 10.3. The molecular weight excluding hydrogens is 222 g/mol. The molecule has 0 aliphatic carbocycles. The van der Waals surface area contributed by atoms with Crippen LogP contribution < -0.4 is 5.32 Å². The minimum atomic E-state index is -0.738. The van der Waals surface area contributed by atoms with Crippen molar-refractivity contribution in [3.05, 3.63) is 18.0 Å². The van der Waals surface area contributed by atoms with Crippen LogP contribution in [-0.2, 0) is 23.9 Å². The summed E-state index contributed by atoms with van der Waals surface area (Å²) < 4.78 is 13.1. The van der Waals surface area contributed by atoms with Gasteiger partial charge in [-0.2, -0.15) is 5.10 Å². The zero-order valence-corrected chi connectivity index (χ0v) is 11.1. The van der Waals surface area contributed by atoms with Gasteiger partial charge in [0.15, 0.2) is 0 Å². The van der Waals surface area contributed by atoms with Crippen LogP contribution in [0.5, 0.6) is 0 Å². The van der Waals surface area contributed by atoms with Gasteiger partial charge in [0.2, 0.25) is 0 Å². The first-order valence-corrected chi connectivity index (χ1v) is 7.40. The molecule has 0 spiro atoms. The van der Waals surface area contributed by atoms with Gasteiger partial charge in [-0.05, 0) is 19.4 Å². The molecule has 1 aromatic heterocycles. The van der Waals surface area contributed by atoms with E-state index in [1.807, 2.05) is 16.9 Å². The fourth-order valence-electron chi connectivity index (χ4n) is 1.61. The van der Waals surface area contributed by atoms with Gasteiger partial charge in [0.05, 0.1) is 5.69 Å². The molecular formula is C11H21N3OS. The first-order chi connectivity index (χ1) is 7.63. The topological polar surface area (TPSA) is 46.9 Å². The Labute approximate surface area is 99.9 Å². The summed E-state index contributed by atoms with van der Waals surface area (Å²) in [4.78, 5) is 0. The van der Waals surface area contributed by atoms with Crippen molar-refractivity contribution in [2.75, 3.05) is 12.0 Å². The molecule has 92 valence electrons. The molecule has 0 saturated carbocycles. The quantitative estimate of drug-likeness (QED) is 0.781. The lowest BCUT2D eigenvalue weighted by Gasteiger charge is -2.13. The SMILES string of the molecule is CCCn1nccc1CNC(C)CS(C)=O. The zero-order chi connectivity index (χ0) is 12.0. The molecule has 0 radical (unpaired) electrons. The second-order valence-electron chi connectivity index (χ2n) is 4.07. The summed E-state index contributed by atoms with van der Waals surface area (Å²) in [6.07, 6.45) is 4.65. The van der Waals surface area contributed by atoms with Crippen LogP contribution in [0.1, 0.15) is 26.0 Å². The van der Waals surface area contributed by atoms with Gasteiger partial charge in [-0.15, -0.1) is 0 Å². The van der Waals surface area contributed by atoms with E-state index in [1.54, 1.807) is 6.26 Å². The van der Waals surface area contributed by atoms with E-state index in [-0.39, 0.29) is 6.04 Å². The summed E-state index contributed by atoms with van der Waals surface area (Å²) in [5.41, 5.74) is 1.19.